The summed E-state index contributed by atoms with van der Waals surface area (Å²) in [5, 5.41) is 18.1. The molecular weight excluding hydrogens is 144 g/mol. The molecule has 0 aromatic carbocycles. The van der Waals surface area contributed by atoms with Crippen LogP contribution in [-0.2, 0) is 4.79 Å². The normalized spacial score (nSPS) is 31.5. The first-order chi connectivity index (χ1) is 5.16. The highest BCUT2D eigenvalue weighted by molar-refractivity contribution is 5.98. The van der Waals surface area contributed by atoms with Crippen molar-refractivity contribution in [3.8, 4) is 0 Å². The van der Waals surface area contributed by atoms with Crippen LogP contribution in [0.15, 0.2) is 23.8 Å². The zero-order chi connectivity index (χ0) is 8.43. The lowest BCUT2D eigenvalue weighted by Gasteiger charge is -2.07. The van der Waals surface area contributed by atoms with Gasteiger partial charge >= 0.3 is 0 Å². The Labute approximate surface area is 64.7 Å². The van der Waals surface area contributed by atoms with Crippen molar-refractivity contribution in [2.24, 2.45) is 0 Å². The van der Waals surface area contributed by atoms with Gasteiger partial charge in [0.05, 0.1) is 0 Å². The number of aliphatic hydroxyl groups excluding tert-OH is 2. The van der Waals surface area contributed by atoms with Crippen molar-refractivity contribution in [1.82, 2.24) is 0 Å². The molecule has 0 saturated heterocycles. The molecule has 60 valence electrons. The Morgan fingerprint density at radius 2 is 2.09 bits per heavy atom. The van der Waals surface area contributed by atoms with E-state index >= 15 is 0 Å². The first-order valence-corrected chi connectivity index (χ1v) is 3.41. The molecule has 1 aliphatic carbocycles. The third-order valence-corrected chi connectivity index (χ3v) is 1.60. The highest BCUT2D eigenvalue weighted by atomic mass is 16.3. The number of hydrogen-bond donors (Lipinski definition) is 2. The van der Waals surface area contributed by atoms with Gasteiger partial charge in [0.1, 0.15) is 12.2 Å². The number of hydrogen-bond acceptors (Lipinski definition) is 3. The fraction of sp³-hybridized carbons (Fsp3) is 0.375. The van der Waals surface area contributed by atoms with E-state index in [-0.39, 0.29) is 0 Å². The van der Waals surface area contributed by atoms with Crippen molar-refractivity contribution in [1.29, 1.82) is 0 Å². The number of carbonyl (C=O) groups excluding carboxylic acids is 1. The van der Waals surface area contributed by atoms with Crippen molar-refractivity contribution in [2.45, 2.75) is 19.1 Å². The molecule has 0 aromatic heterocycles. The zero-order valence-electron chi connectivity index (χ0n) is 6.19. The molecule has 0 bridgehead atoms. The maximum Gasteiger partial charge on any atom is 0.187 e. The van der Waals surface area contributed by atoms with Crippen molar-refractivity contribution in [2.75, 3.05) is 0 Å². The summed E-state index contributed by atoms with van der Waals surface area (Å²) in [4.78, 5) is 10.7. The summed E-state index contributed by atoms with van der Waals surface area (Å²) < 4.78 is 0. The first-order valence-electron chi connectivity index (χ1n) is 3.41. The summed E-state index contributed by atoms with van der Waals surface area (Å²) in [6.07, 6.45) is 2.27. The summed E-state index contributed by atoms with van der Waals surface area (Å²) in [5.74, 6) is -0.425. The first kappa shape index (κ1) is 8.17. The molecule has 0 unspecified atom stereocenters. The van der Waals surface area contributed by atoms with Gasteiger partial charge in [0.15, 0.2) is 5.78 Å². The predicted octanol–water partition coefficient (Wildman–Crippen LogP) is -0.207. The smallest absolute Gasteiger partial charge is 0.187 e. The quantitative estimate of drug-likeness (QED) is 0.549. The Hall–Kier alpha value is -0.930. The van der Waals surface area contributed by atoms with E-state index in [1.165, 1.54) is 6.08 Å². The van der Waals surface area contributed by atoms with Crippen LogP contribution < -0.4 is 0 Å². The third kappa shape index (κ3) is 1.39. The molecule has 0 amide bonds. The van der Waals surface area contributed by atoms with E-state index in [1.807, 2.05) is 0 Å². The molecule has 2 N–H and O–H groups in total. The molecule has 0 saturated carbocycles. The largest absolute Gasteiger partial charge is 0.385 e. The van der Waals surface area contributed by atoms with Crippen LogP contribution in [0, 0.1) is 0 Å². The average Bonchev–Trinajstić information content (AvgIpc) is 2.19. The lowest BCUT2D eigenvalue weighted by molar-refractivity contribution is -0.124. The molecule has 0 radical (unpaired) electrons. The molecule has 2 atom stereocenters. The fourth-order valence-electron chi connectivity index (χ4n) is 1.01. The zero-order valence-corrected chi connectivity index (χ0v) is 6.19. The van der Waals surface area contributed by atoms with E-state index in [2.05, 4.69) is 0 Å². The monoisotopic (exact) mass is 154 g/mol. The van der Waals surface area contributed by atoms with Crippen LogP contribution in [-0.4, -0.2) is 28.2 Å². The van der Waals surface area contributed by atoms with Gasteiger partial charge in [-0.05, 0) is 18.6 Å². The minimum absolute atomic E-state index is 0.425. The minimum Gasteiger partial charge on any atom is -0.385 e. The van der Waals surface area contributed by atoms with Gasteiger partial charge in [0.25, 0.3) is 0 Å². The van der Waals surface area contributed by atoms with Crippen molar-refractivity contribution >= 4 is 5.78 Å². The average molecular weight is 154 g/mol. The Kier molecular flexibility index (Phi) is 2.22. The second-order valence-electron chi connectivity index (χ2n) is 2.44. The summed E-state index contributed by atoms with van der Waals surface area (Å²) in [6, 6.07) is 0. The summed E-state index contributed by atoms with van der Waals surface area (Å²) in [7, 11) is 0. The van der Waals surface area contributed by atoms with E-state index in [1.54, 1.807) is 19.1 Å². The Balaban J connectivity index is 2.83. The lowest BCUT2D eigenvalue weighted by atomic mass is 10.1. The van der Waals surface area contributed by atoms with Crippen molar-refractivity contribution in [3.05, 3.63) is 23.8 Å². The van der Waals surface area contributed by atoms with Crippen LogP contribution in [0.5, 0.6) is 0 Å². The molecule has 0 fully saturated rings. The second-order valence-corrected chi connectivity index (χ2v) is 2.44. The number of allylic oxidation sites excluding steroid dienone is 1. The Morgan fingerprint density at radius 1 is 1.45 bits per heavy atom. The van der Waals surface area contributed by atoms with Crippen molar-refractivity contribution < 1.29 is 15.0 Å². The molecule has 3 nitrogen and oxygen atoms in total. The van der Waals surface area contributed by atoms with E-state index in [9.17, 15) is 4.79 Å². The van der Waals surface area contributed by atoms with Crippen LogP contribution in [0.4, 0.5) is 0 Å². The fourth-order valence-corrected chi connectivity index (χ4v) is 1.01. The lowest BCUT2D eigenvalue weighted by Crippen LogP contribution is -2.27. The van der Waals surface area contributed by atoms with Gasteiger partial charge < -0.3 is 10.2 Å². The van der Waals surface area contributed by atoms with Gasteiger partial charge in [-0.1, -0.05) is 12.2 Å². The number of ketones is 1. The number of carbonyl (C=O) groups is 1. The van der Waals surface area contributed by atoms with Gasteiger partial charge in [0.2, 0.25) is 0 Å². The SMILES string of the molecule is C/C=C/C1=CC(=O)[C@H](O)[C@H]1O. The molecular formula is C8H10O3. The topological polar surface area (TPSA) is 57.5 Å². The van der Waals surface area contributed by atoms with Gasteiger partial charge in [-0.2, -0.15) is 0 Å². The number of rotatable bonds is 1. The molecule has 11 heavy (non-hydrogen) atoms. The predicted molar refractivity (Wildman–Crippen MR) is 39.9 cm³/mol. The van der Waals surface area contributed by atoms with Crippen LogP contribution >= 0.6 is 0 Å². The molecule has 0 aromatic rings. The Morgan fingerprint density at radius 3 is 2.45 bits per heavy atom. The van der Waals surface area contributed by atoms with Crippen LogP contribution in [0.1, 0.15) is 6.92 Å². The van der Waals surface area contributed by atoms with Crippen LogP contribution in [0.2, 0.25) is 0 Å². The standard InChI is InChI=1S/C8H10O3/c1-2-3-5-4-6(9)8(11)7(5)10/h2-4,7-8,10-11H,1H3/b3-2+/t7-,8-/m0/s1. The highest BCUT2D eigenvalue weighted by Gasteiger charge is 2.31. The van der Waals surface area contributed by atoms with E-state index in [4.69, 9.17) is 10.2 Å². The third-order valence-electron chi connectivity index (χ3n) is 1.60. The van der Waals surface area contributed by atoms with Gasteiger partial charge in [-0.3, -0.25) is 4.79 Å². The maximum atomic E-state index is 10.7. The van der Waals surface area contributed by atoms with E-state index in [0.29, 0.717) is 5.57 Å². The van der Waals surface area contributed by atoms with Gasteiger partial charge in [0, 0.05) is 0 Å². The van der Waals surface area contributed by atoms with Crippen molar-refractivity contribution in [3.63, 3.8) is 0 Å². The Bertz CT molecular complexity index is 227. The number of aliphatic hydroxyl groups is 2. The van der Waals surface area contributed by atoms with Gasteiger partial charge in [-0.15, -0.1) is 0 Å². The maximum absolute atomic E-state index is 10.7. The van der Waals surface area contributed by atoms with E-state index < -0.39 is 18.0 Å². The molecule has 3 heteroatoms. The molecule has 0 spiro atoms. The molecule has 0 aliphatic heterocycles. The van der Waals surface area contributed by atoms with Crippen LogP contribution in [0.3, 0.4) is 0 Å². The summed E-state index contributed by atoms with van der Waals surface area (Å²) in [5.41, 5.74) is 0.477. The van der Waals surface area contributed by atoms with E-state index in [0.717, 1.165) is 0 Å². The highest BCUT2D eigenvalue weighted by Crippen LogP contribution is 2.17. The summed E-state index contributed by atoms with van der Waals surface area (Å²) in [6.45, 7) is 1.78. The summed E-state index contributed by atoms with van der Waals surface area (Å²) >= 11 is 0. The van der Waals surface area contributed by atoms with Gasteiger partial charge in [-0.25, -0.2) is 0 Å². The second kappa shape index (κ2) is 2.98. The molecule has 0 heterocycles. The minimum atomic E-state index is -1.26. The van der Waals surface area contributed by atoms with Crippen LogP contribution in [0.25, 0.3) is 0 Å². The molecule has 1 rings (SSSR count). The molecule has 1 aliphatic rings.